The number of unbranched alkanes of at least 4 members (excludes halogenated alkanes) is 3. The molecule has 0 amide bonds. The van der Waals surface area contributed by atoms with Crippen LogP contribution in [-0.2, 0) is 0 Å². The van der Waals surface area contributed by atoms with Crippen molar-refractivity contribution in [3.63, 3.8) is 0 Å². The Bertz CT molecular complexity index is 792. The van der Waals surface area contributed by atoms with Crippen molar-refractivity contribution in [2.75, 3.05) is 5.73 Å². The number of hydrogen-bond donors (Lipinski definition) is 1. The normalized spacial score (nSPS) is 9.62. The minimum Gasteiger partial charge on any atom is -0.394 e. The van der Waals surface area contributed by atoms with Crippen molar-refractivity contribution in [1.29, 1.82) is 0 Å². The summed E-state index contributed by atoms with van der Waals surface area (Å²) in [6.45, 7) is 2.17. The van der Waals surface area contributed by atoms with Gasteiger partial charge in [-0.1, -0.05) is 43.4 Å². The lowest BCUT2D eigenvalue weighted by atomic mass is 10.1. The Balaban J connectivity index is 2.05. The quantitative estimate of drug-likeness (QED) is 0.486. The minimum absolute atomic E-state index is 0.249. The summed E-state index contributed by atoms with van der Waals surface area (Å²) >= 11 is 0. The maximum Gasteiger partial charge on any atom is 0.150 e. The molecule has 0 radical (unpaired) electrons. The second kappa shape index (κ2) is 8.75. The first-order chi connectivity index (χ1) is 11.6. The summed E-state index contributed by atoms with van der Waals surface area (Å²) in [7, 11) is 0. The zero-order valence-corrected chi connectivity index (χ0v) is 13.6. The molecule has 122 valence electrons. The second-order valence-electron chi connectivity index (χ2n) is 5.44. The summed E-state index contributed by atoms with van der Waals surface area (Å²) in [6, 6.07) is 9.71. The van der Waals surface area contributed by atoms with E-state index in [1.165, 1.54) is 12.8 Å². The number of rotatable bonds is 3. The molecule has 2 aromatic rings. The van der Waals surface area contributed by atoms with Gasteiger partial charge in [0, 0.05) is 23.1 Å². The zero-order chi connectivity index (χ0) is 17.4. The highest BCUT2D eigenvalue weighted by Crippen LogP contribution is 2.16. The predicted molar refractivity (Wildman–Crippen MR) is 94.2 cm³/mol. The van der Waals surface area contributed by atoms with Gasteiger partial charge < -0.3 is 5.73 Å². The van der Waals surface area contributed by atoms with Crippen LogP contribution >= 0.6 is 0 Å². The molecule has 0 aliphatic carbocycles. The maximum atomic E-state index is 13.4. The highest BCUT2D eigenvalue weighted by Gasteiger charge is 2.05. The molecule has 2 N–H and O–H groups in total. The Morgan fingerprint density at radius 2 is 1.38 bits per heavy atom. The first-order valence-electron chi connectivity index (χ1n) is 7.95. The number of anilines is 1. The van der Waals surface area contributed by atoms with Gasteiger partial charge in [0.25, 0.3) is 0 Å². The molecular weight excluding hydrogens is 304 g/mol. The molecule has 2 aromatic carbocycles. The van der Waals surface area contributed by atoms with E-state index in [1.807, 2.05) is 24.3 Å². The molecule has 0 fully saturated rings. The minimum atomic E-state index is -0.798. The molecule has 0 saturated heterocycles. The van der Waals surface area contributed by atoms with Crippen LogP contribution in [0.2, 0.25) is 0 Å². The average Bonchev–Trinajstić information content (AvgIpc) is 2.58. The average molecular weight is 323 g/mol. The Kier molecular flexibility index (Phi) is 6.41. The first-order valence-corrected chi connectivity index (χ1v) is 7.95. The maximum absolute atomic E-state index is 13.4. The molecule has 0 aromatic heterocycles. The summed E-state index contributed by atoms with van der Waals surface area (Å²) in [5.74, 6) is 10.3. The molecule has 0 aliphatic rings. The SMILES string of the molecule is CCCCCC#Cc1ccc(C#Cc2cc(F)c(N)c(F)c2)cc1. The van der Waals surface area contributed by atoms with E-state index in [0.29, 0.717) is 0 Å². The van der Waals surface area contributed by atoms with Crippen LogP contribution in [0.15, 0.2) is 36.4 Å². The van der Waals surface area contributed by atoms with Crippen LogP contribution in [0.3, 0.4) is 0 Å². The van der Waals surface area contributed by atoms with Gasteiger partial charge in [-0.25, -0.2) is 8.78 Å². The summed E-state index contributed by atoms with van der Waals surface area (Å²) in [6.07, 6.45) is 4.43. The van der Waals surface area contributed by atoms with Gasteiger partial charge in [-0.2, -0.15) is 0 Å². The van der Waals surface area contributed by atoms with E-state index in [9.17, 15) is 8.78 Å². The van der Waals surface area contributed by atoms with E-state index < -0.39 is 17.3 Å². The molecule has 0 saturated carbocycles. The molecule has 1 nitrogen and oxygen atoms in total. The summed E-state index contributed by atoms with van der Waals surface area (Å²) in [4.78, 5) is 0. The molecule has 0 atom stereocenters. The Morgan fingerprint density at radius 1 is 0.833 bits per heavy atom. The molecule has 0 bridgehead atoms. The Hall–Kier alpha value is -2.78. The molecule has 0 aliphatic heterocycles. The van der Waals surface area contributed by atoms with E-state index in [2.05, 4.69) is 30.6 Å². The Labute approximate surface area is 141 Å². The van der Waals surface area contributed by atoms with Gasteiger partial charge in [-0.3, -0.25) is 0 Å². The first kappa shape index (κ1) is 17.6. The predicted octanol–water partition coefficient (Wildman–Crippen LogP) is 4.88. The van der Waals surface area contributed by atoms with Gasteiger partial charge in [0.2, 0.25) is 0 Å². The molecule has 0 spiro atoms. The van der Waals surface area contributed by atoms with Gasteiger partial charge in [0.1, 0.15) is 17.3 Å². The van der Waals surface area contributed by atoms with Crippen LogP contribution in [0.5, 0.6) is 0 Å². The number of nitrogens with two attached hydrogens (primary N) is 1. The van der Waals surface area contributed by atoms with E-state index in [4.69, 9.17) is 5.73 Å². The fourth-order valence-electron chi connectivity index (χ4n) is 2.07. The van der Waals surface area contributed by atoms with E-state index in [1.54, 1.807) is 0 Å². The topological polar surface area (TPSA) is 26.0 Å². The summed E-state index contributed by atoms with van der Waals surface area (Å²) in [5.41, 5.74) is 6.68. The lowest BCUT2D eigenvalue weighted by molar-refractivity contribution is 0.591. The van der Waals surface area contributed by atoms with Gasteiger partial charge in [-0.15, -0.1) is 0 Å². The van der Waals surface area contributed by atoms with Crippen LogP contribution < -0.4 is 5.73 Å². The molecule has 0 unspecified atom stereocenters. The summed E-state index contributed by atoms with van der Waals surface area (Å²) < 4.78 is 26.7. The van der Waals surface area contributed by atoms with Crippen molar-refractivity contribution in [3.8, 4) is 23.7 Å². The van der Waals surface area contributed by atoms with Crippen molar-refractivity contribution >= 4 is 5.69 Å². The van der Waals surface area contributed by atoms with Crippen LogP contribution in [0.4, 0.5) is 14.5 Å². The van der Waals surface area contributed by atoms with Crippen LogP contribution in [0, 0.1) is 35.3 Å². The molecular formula is C21H19F2N. The highest BCUT2D eigenvalue weighted by molar-refractivity contribution is 5.50. The van der Waals surface area contributed by atoms with E-state index in [0.717, 1.165) is 36.1 Å². The van der Waals surface area contributed by atoms with Crippen molar-refractivity contribution < 1.29 is 8.78 Å². The van der Waals surface area contributed by atoms with Crippen LogP contribution in [0.25, 0.3) is 0 Å². The lowest BCUT2D eigenvalue weighted by Gasteiger charge is -1.99. The van der Waals surface area contributed by atoms with E-state index >= 15 is 0 Å². The third kappa shape index (κ3) is 5.14. The van der Waals surface area contributed by atoms with Gasteiger partial charge in [0.05, 0.1) is 0 Å². The van der Waals surface area contributed by atoms with Crippen molar-refractivity contribution in [3.05, 3.63) is 64.7 Å². The standard InChI is InChI=1S/C21H19F2N/c1-2-3-4-5-6-7-16-8-10-17(11-9-16)12-13-18-14-19(22)21(24)20(23)15-18/h8-11,14-15H,2-5,24H2,1H3. The zero-order valence-electron chi connectivity index (χ0n) is 13.6. The smallest absolute Gasteiger partial charge is 0.150 e. The molecule has 24 heavy (non-hydrogen) atoms. The van der Waals surface area contributed by atoms with Gasteiger partial charge in [0.15, 0.2) is 0 Å². The third-order valence-corrected chi connectivity index (χ3v) is 3.45. The molecule has 0 heterocycles. The molecule has 2 rings (SSSR count). The molecule has 3 heteroatoms. The highest BCUT2D eigenvalue weighted by atomic mass is 19.1. The van der Waals surface area contributed by atoms with Crippen molar-refractivity contribution in [1.82, 2.24) is 0 Å². The number of hydrogen-bond acceptors (Lipinski definition) is 1. The van der Waals surface area contributed by atoms with Gasteiger partial charge in [-0.05, 0) is 42.8 Å². The monoisotopic (exact) mass is 323 g/mol. The fraction of sp³-hybridized carbons (Fsp3) is 0.238. The largest absolute Gasteiger partial charge is 0.394 e. The number of benzene rings is 2. The number of halogens is 2. The third-order valence-electron chi connectivity index (χ3n) is 3.45. The van der Waals surface area contributed by atoms with Gasteiger partial charge >= 0.3 is 0 Å². The number of nitrogen functional groups attached to an aromatic ring is 1. The van der Waals surface area contributed by atoms with Crippen LogP contribution in [-0.4, -0.2) is 0 Å². The lowest BCUT2D eigenvalue weighted by Crippen LogP contribution is -1.96. The Morgan fingerprint density at radius 3 is 1.96 bits per heavy atom. The van der Waals surface area contributed by atoms with Crippen molar-refractivity contribution in [2.24, 2.45) is 0 Å². The van der Waals surface area contributed by atoms with E-state index in [-0.39, 0.29) is 5.56 Å². The van der Waals surface area contributed by atoms with Crippen LogP contribution in [0.1, 0.15) is 49.3 Å². The van der Waals surface area contributed by atoms with Crippen molar-refractivity contribution in [2.45, 2.75) is 32.6 Å². The second-order valence-corrected chi connectivity index (χ2v) is 5.44. The summed E-state index contributed by atoms with van der Waals surface area (Å²) in [5, 5.41) is 0. The fourth-order valence-corrected chi connectivity index (χ4v) is 2.07.